The predicted octanol–water partition coefficient (Wildman–Crippen LogP) is 1.47. The predicted molar refractivity (Wildman–Crippen MR) is 106 cm³/mol. The Morgan fingerprint density at radius 2 is 2.17 bits per heavy atom. The van der Waals surface area contributed by atoms with E-state index in [1.165, 1.54) is 0 Å². The van der Waals surface area contributed by atoms with Crippen LogP contribution in [-0.2, 0) is 24.4 Å². The zero-order valence-electron chi connectivity index (χ0n) is 16.9. The molecule has 1 unspecified atom stereocenters. The smallest absolute Gasteiger partial charge is 0.275 e. The number of methoxy groups -OCH3 is 1. The number of aromatic nitrogens is 4. The third kappa shape index (κ3) is 3.99. The Labute approximate surface area is 173 Å². The first-order valence-electron chi connectivity index (χ1n) is 9.78. The van der Waals surface area contributed by atoms with Crippen molar-refractivity contribution in [1.82, 2.24) is 29.5 Å². The summed E-state index contributed by atoms with van der Waals surface area (Å²) in [6, 6.07) is 4.99. The van der Waals surface area contributed by atoms with Gasteiger partial charge in [0.1, 0.15) is 23.0 Å². The fourth-order valence-corrected chi connectivity index (χ4v) is 3.48. The lowest BCUT2D eigenvalue weighted by Gasteiger charge is -2.33. The van der Waals surface area contributed by atoms with Crippen molar-refractivity contribution in [2.45, 2.75) is 32.6 Å². The molecule has 3 aromatic heterocycles. The van der Waals surface area contributed by atoms with E-state index in [-0.39, 0.29) is 17.9 Å². The normalized spacial score (nSPS) is 15.8. The molecule has 1 N–H and O–H groups in total. The monoisotopic (exact) mass is 412 g/mol. The van der Waals surface area contributed by atoms with Crippen molar-refractivity contribution in [3.63, 3.8) is 0 Å². The van der Waals surface area contributed by atoms with E-state index < -0.39 is 0 Å². The fourth-order valence-electron chi connectivity index (χ4n) is 3.48. The van der Waals surface area contributed by atoms with E-state index in [1.807, 2.05) is 11.5 Å². The van der Waals surface area contributed by atoms with Gasteiger partial charge in [-0.1, -0.05) is 0 Å². The van der Waals surface area contributed by atoms with Crippen molar-refractivity contribution in [3.8, 4) is 0 Å². The molecule has 0 radical (unpaired) electrons. The first-order valence-corrected chi connectivity index (χ1v) is 9.78. The molecule has 0 aromatic carbocycles. The number of hydrogen-bond acceptors (Lipinski definition) is 6. The molecule has 158 valence electrons. The lowest BCUT2D eigenvalue weighted by molar-refractivity contribution is 0.0630. The third-order valence-corrected chi connectivity index (χ3v) is 5.11. The molecule has 1 aliphatic rings. The average molecular weight is 412 g/mol. The van der Waals surface area contributed by atoms with Crippen LogP contribution in [-0.4, -0.2) is 56.3 Å². The summed E-state index contributed by atoms with van der Waals surface area (Å²) in [4.78, 5) is 31.7. The van der Waals surface area contributed by atoms with Gasteiger partial charge in [0, 0.05) is 32.6 Å². The largest absolute Gasteiger partial charge is 0.467 e. The quantitative estimate of drug-likeness (QED) is 0.630. The molecule has 1 aliphatic heterocycles. The summed E-state index contributed by atoms with van der Waals surface area (Å²) in [5.74, 6) is 0.908. The highest BCUT2D eigenvalue weighted by molar-refractivity contribution is 5.93. The van der Waals surface area contributed by atoms with Crippen LogP contribution in [0.3, 0.4) is 0 Å². The molecule has 0 fully saturated rings. The Morgan fingerprint density at radius 1 is 1.30 bits per heavy atom. The van der Waals surface area contributed by atoms with Gasteiger partial charge in [0.25, 0.3) is 11.8 Å². The summed E-state index contributed by atoms with van der Waals surface area (Å²) in [6.45, 7) is 4.39. The average Bonchev–Trinajstić information content (AvgIpc) is 3.51. The van der Waals surface area contributed by atoms with Crippen molar-refractivity contribution < 1.29 is 18.7 Å². The molecule has 0 spiro atoms. The molecule has 2 amide bonds. The fraction of sp³-hybridized carbons (Fsp3) is 0.400. The van der Waals surface area contributed by atoms with Crippen LogP contribution in [0.1, 0.15) is 45.5 Å². The number of carbonyl (C=O) groups is 2. The standard InChI is InChI=1S/C20H24N6O4/c1-14-18-22-17(19(27)21-12-15-4-3-10-30-15)13-24(18)7-8-26(14)20(28)16-5-6-25(23-16)9-11-29-2/h3-6,10,13-14H,7-9,11-12H2,1-2H3,(H,21,27). The van der Waals surface area contributed by atoms with Crippen LogP contribution in [0.25, 0.3) is 0 Å². The Morgan fingerprint density at radius 3 is 2.93 bits per heavy atom. The highest BCUT2D eigenvalue weighted by atomic mass is 16.5. The van der Waals surface area contributed by atoms with E-state index in [4.69, 9.17) is 9.15 Å². The summed E-state index contributed by atoms with van der Waals surface area (Å²) in [5, 5.41) is 7.13. The van der Waals surface area contributed by atoms with E-state index in [0.29, 0.717) is 55.8 Å². The molecule has 4 heterocycles. The minimum atomic E-state index is -0.282. The molecule has 1 atom stereocenters. The molecule has 10 heteroatoms. The Kier molecular flexibility index (Phi) is 5.66. The number of hydrogen-bond donors (Lipinski definition) is 1. The molecule has 3 aromatic rings. The Bertz CT molecular complexity index is 1020. The zero-order chi connectivity index (χ0) is 21.1. The first kappa shape index (κ1) is 19.9. The van der Waals surface area contributed by atoms with Gasteiger partial charge in [-0.3, -0.25) is 14.3 Å². The summed E-state index contributed by atoms with van der Waals surface area (Å²) >= 11 is 0. The van der Waals surface area contributed by atoms with Crippen molar-refractivity contribution in [2.24, 2.45) is 0 Å². The zero-order valence-corrected chi connectivity index (χ0v) is 16.9. The van der Waals surface area contributed by atoms with Crippen molar-refractivity contribution in [2.75, 3.05) is 20.3 Å². The summed E-state index contributed by atoms with van der Waals surface area (Å²) < 4.78 is 13.9. The summed E-state index contributed by atoms with van der Waals surface area (Å²) in [6.07, 6.45) is 5.05. The van der Waals surface area contributed by atoms with E-state index in [2.05, 4.69) is 15.4 Å². The molecule has 0 saturated heterocycles. The van der Waals surface area contributed by atoms with Gasteiger partial charge in [-0.15, -0.1) is 0 Å². The number of furan rings is 1. The molecular weight excluding hydrogens is 388 g/mol. The van der Waals surface area contributed by atoms with Gasteiger partial charge in [0.2, 0.25) is 0 Å². The second-order valence-electron chi connectivity index (χ2n) is 7.07. The highest BCUT2D eigenvalue weighted by Gasteiger charge is 2.32. The van der Waals surface area contributed by atoms with Crippen molar-refractivity contribution in [1.29, 1.82) is 0 Å². The lowest BCUT2D eigenvalue weighted by atomic mass is 10.2. The highest BCUT2D eigenvalue weighted by Crippen LogP contribution is 2.26. The van der Waals surface area contributed by atoms with Gasteiger partial charge in [-0.05, 0) is 25.1 Å². The second kappa shape index (κ2) is 8.54. The SMILES string of the molecule is COCCn1ccc(C(=O)N2CCn3cc(C(=O)NCc4ccco4)nc3C2C)n1. The van der Waals surface area contributed by atoms with Crippen molar-refractivity contribution >= 4 is 11.8 Å². The molecule has 4 rings (SSSR count). The summed E-state index contributed by atoms with van der Waals surface area (Å²) in [7, 11) is 1.62. The number of amides is 2. The van der Waals surface area contributed by atoms with Gasteiger partial charge in [-0.2, -0.15) is 5.10 Å². The Hall–Kier alpha value is -3.40. The molecular formula is C20H24N6O4. The van der Waals surface area contributed by atoms with E-state index in [9.17, 15) is 9.59 Å². The van der Waals surface area contributed by atoms with Gasteiger partial charge in [0.15, 0.2) is 0 Å². The lowest BCUT2D eigenvalue weighted by Crippen LogP contribution is -2.41. The molecule has 30 heavy (non-hydrogen) atoms. The second-order valence-corrected chi connectivity index (χ2v) is 7.07. The number of nitrogens with zero attached hydrogens (tertiary/aromatic N) is 5. The van der Waals surface area contributed by atoms with Crippen LogP contribution in [0, 0.1) is 0 Å². The first-order chi connectivity index (χ1) is 14.6. The summed E-state index contributed by atoms with van der Waals surface area (Å²) in [5.41, 5.74) is 0.705. The van der Waals surface area contributed by atoms with Crippen molar-refractivity contribution in [3.05, 3.63) is 59.8 Å². The van der Waals surface area contributed by atoms with Crippen LogP contribution in [0.4, 0.5) is 0 Å². The number of nitrogens with one attached hydrogen (secondary N) is 1. The molecule has 10 nitrogen and oxygen atoms in total. The van der Waals surface area contributed by atoms with E-state index in [0.717, 1.165) is 0 Å². The van der Waals surface area contributed by atoms with Crippen LogP contribution < -0.4 is 5.32 Å². The maximum atomic E-state index is 13.0. The van der Waals surface area contributed by atoms with E-state index in [1.54, 1.807) is 53.5 Å². The van der Waals surface area contributed by atoms with Crippen LogP contribution in [0.2, 0.25) is 0 Å². The van der Waals surface area contributed by atoms with Gasteiger partial charge >= 0.3 is 0 Å². The number of imidazole rings is 1. The molecule has 0 bridgehead atoms. The number of ether oxygens (including phenoxy) is 1. The minimum absolute atomic E-state index is 0.156. The van der Waals surface area contributed by atoms with Gasteiger partial charge in [-0.25, -0.2) is 4.98 Å². The molecule has 0 aliphatic carbocycles. The maximum Gasteiger partial charge on any atom is 0.275 e. The van der Waals surface area contributed by atoms with Gasteiger partial charge in [0.05, 0.1) is 32.0 Å². The maximum absolute atomic E-state index is 13.0. The van der Waals surface area contributed by atoms with Crippen LogP contribution in [0.5, 0.6) is 0 Å². The minimum Gasteiger partial charge on any atom is -0.467 e. The molecule has 0 saturated carbocycles. The number of rotatable bonds is 7. The topological polar surface area (TPSA) is 107 Å². The van der Waals surface area contributed by atoms with Gasteiger partial charge < -0.3 is 23.9 Å². The number of carbonyl (C=O) groups excluding carboxylic acids is 2. The van der Waals surface area contributed by atoms with Crippen LogP contribution >= 0.6 is 0 Å². The third-order valence-electron chi connectivity index (χ3n) is 5.11. The van der Waals surface area contributed by atoms with E-state index >= 15 is 0 Å². The number of fused-ring (bicyclic) bond motifs is 1. The van der Waals surface area contributed by atoms with Crippen LogP contribution in [0.15, 0.2) is 41.3 Å². The Balaban J connectivity index is 1.44.